The van der Waals surface area contributed by atoms with Crippen LogP contribution >= 0.6 is 0 Å². The summed E-state index contributed by atoms with van der Waals surface area (Å²) in [6.07, 6.45) is 3.94. The molecule has 3 aromatic rings. The Hall–Kier alpha value is -3.81. The van der Waals surface area contributed by atoms with E-state index in [1.165, 1.54) is 18.3 Å². The van der Waals surface area contributed by atoms with Gasteiger partial charge in [0.15, 0.2) is 0 Å². The van der Waals surface area contributed by atoms with Crippen molar-refractivity contribution in [2.75, 3.05) is 50.2 Å². The number of hydrogen-bond donors (Lipinski definition) is 2. The number of carbonyl (C=O) groups excluding carboxylic acids is 1. The molecule has 1 fully saturated rings. The van der Waals surface area contributed by atoms with Crippen molar-refractivity contribution in [3.05, 3.63) is 53.9 Å². The molecule has 1 saturated heterocycles. The van der Waals surface area contributed by atoms with Gasteiger partial charge < -0.3 is 24.8 Å². The number of hydrogen-bond acceptors (Lipinski definition) is 11. The van der Waals surface area contributed by atoms with E-state index in [0.717, 1.165) is 17.5 Å². The van der Waals surface area contributed by atoms with Crippen LogP contribution in [0.2, 0.25) is 0 Å². The molecule has 0 aliphatic carbocycles. The first kappa shape index (κ1) is 32.1. The van der Waals surface area contributed by atoms with Crippen LogP contribution in [0.4, 0.5) is 11.6 Å². The summed E-state index contributed by atoms with van der Waals surface area (Å²) in [4.78, 5) is 28.5. The number of rotatable bonds is 13. The summed E-state index contributed by atoms with van der Waals surface area (Å²) in [5, 5.41) is 0. The lowest BCUT2D eigenvalue weighted by Crippen LogP contribution is -2.43. The highest BCUT2D eigenvalue weighted by Crippen LogP contribution is 2.39. The van der Waals surface area contributed by atoms with Gasteiger partial charge in [0.2, 0.25) is 5.88 Å². The number of nitrogen functional groups attached to an aromatic ring is 1. The molecule has 12 nitrogen and oxygen atoms in total. The number of amides is 1. The van der Waals surface area contributed by atoms with Crippen molar-refractivity contribution in [3.8, 4) is 17.1 Å². The summed E-state index contributed by atoms with van der Waals surface area (Å²) in [5.41, 5.74) is 7.70. The van der Waals surface area contributed by atoms with Crippen molar-refractivity contribution in [1.82, 2.24) is 19.7 Å². The largest absolute Gasteiger partial charge is 0.475 e. The van der Waals surface area contributed by atoms with E-state index in [2.05, 4.69) is 40.4 Å². The van der Waals surface area contributed by atoms with Gasteiger partial charge in [-0.1, -0.05) is 6.92 Å². The van der Waals surface area contributed by atoms with Crippen molar-refractivity contribution in [2.24, 2.45) is 5.92 Å². The minimum absolute atomic E-state index is 0.130. The molecule has 1 aliphatic heterocycles. The minimum atomic E-state index is -4.28. The zero-order valence-corrected chi connectivity index (χ0v) is 26.1. The molecule has 4 heterocycles. The third-order valence-corrected chi connectivity index (χ3v) is 9.13. The third-order valence-electron chi connectivity index (χ3n) is 7.75. The second-order valence-electron chi connectivity index (χ2n) is 10.9. The average Bonchev–Trinajstić information content (AvgIpc) is 3.24. The second-order valence-corrected chi connectivity index (χ2v) is 12.5. The van der Waals surface area contributed by atoms with Crippen LogP contribution in [0.15, 0.2) is 47.6 Å². The van der Waals surface area contributed by atoms with Crippen LogP contribution < -0.4 is 20.1 Å². The van der Waals surface area contributed by atoms with E-state index in [-0.39, 0.29) is 21.8 Å². The fourth-order valence-corrected chi connectivity index (χ4v) is 5.93. The van der Waals surface area contributed by atoms with Gasteiger partial charge in [-0.2, -0.15) is 0 Å². The lowest BCUT2D eigenvalue weighted by Gasteiger charge is -2.36. The lowest BCUT2D eigenvalue weighted by atomic mass is 9.90. The normalized spacial score (nSPS) is 16.3. The average molecular weight is 613 g/mol. The Labute approximate surface area is 253 Å². The third kappa shape index (κ3) is 7.40. The van der Waals surface area contributed by atoms with Gasteiger partial charge in [-0.25, -0.2) is 28.1 Å². The number of aryl methyl sites for hydroxylation is 1. The molecular formula is C30H40N6O6S. The molecule has 4 rings (SSSR count). The highest BCUT2D eigenvalue weighted by atomic mass is 32.2. The van der Waals surface area contributed by atoms with Crippen LogP contribution in [0.25, 0.3) is 11.3 Å². The molecule has 0 radical (unpaired) electrons. The fourth-order valence-electron chi connectivity index (χ4n) is 4.88. The monoisotopic (exact) mass is 612 g/mol. The highest BCUT2D eigenvalue weighted by molar-refractivity contribution is 7.90. The molecule has 0 spiro atoms. The lowest BCUT2D eigenvalue weighted by molar-refractivity contribution is 0.0398. The maximum absolute atomic E-state index is 13.5. The first-order chi connectivity index (χ1) is 20.5. The zero-order chi connectivity index (χ0) is 31.2. The van der Waals surface area contributed by atoms with Gasteiger partial charge in [0.25, 0.3) is 15.9 Å². The Morgan fingerprint density at radius 3 is 2.56 bits per heavy atom. The van der Waals surface area contributed by atoms with Crippen LogP contribution in [0.1, 0.15) is 50.0 Å². The molecule has 43 heavy (non-hydrogen) atoms. The van der Waals surface area contributed by atoms with E-state index >= 15 is 0 Å². The first-order valence-electron chi connectivity index (χ1n) is 14.3. The van der Waals surface area contributed by atoms with Crippen LogP contribution in [-0.2, 0) is 19.5 Å². The number of nitrogens with zero attached hydrogens (tertiary/aromatic N) is 4. The predicted octanol–water partition coefficient (Wildman–Crippen LogP) is 3.60. The molecule has 0 aromatic carbocycles. The Morgan fingerprint density at radius 1 is 1.14 bits per heavy atom. The summed E-state index contributed by atoms with van der Waals surface area (Å²) < 4.78 is 44.8. The van der Waals surface area contributed by atoms with Crippen molar-refractivity contribution in [1.29, 1.82) is 0 Å². The number of aromatic nitrogens is 3. The summed E-state index contributed by atoms with van der Waals surface area (Å²) in [6, 6.07) is 7.92. The van der Waals surface area contributed by atoms with Crippen LogP contribution in [0.3, 0.4) is 0 Å². The predicted molar refractivity (Wildman–Crippen MR) is 164 cm³/mol. The molecule has 3 N–H and O–H groups in total. The first-order valence-corrected chi connectivity index (χ1v) is 15.8. The van der Waals surface area contributed by atoms with Crippen molar-refractivity contribution >= 4 is 27.6 Å². The minimum Gasteiger partial charge on any atom is -0.475 e. The van der Waals surface area contributed by atoms with Crippen molar-refractivity contribution < 1.29 is 27.4 Å². The number of ether oxygens (including phenoxy) is 3. The van der Waals surface area contributed by atoms with Crippen molar-refractivity contribution in [2.45, 2.75) is 51.5 Å². The van der Waals surface area contributed by atoms with Crippen LogP contribution in [0.5, 0.6) is 5.88 Å². The number of carbonyl (C=O) groups is 1. The number of nitrogens with two attached hydrogens (primary N) is 1. The van der Waals surface area contributed by atoms with Gasteiger partial charge in [0.1, 0.15) is 23.1 Å². The van der Waals surface area contributed by atoms with E-state index in [9.17, 15) is 13.2 Å². The van der Waals surface area contributed by atoms with Gasteiger partial charge in [0.05, 0.1) is 31.1 Å². The smallest absolute Gasteiger partial charge is 0.268 e. The van der Waals surface area contributed by atoms with Gasteiger partial charge in [-0.05, 0) is 70.4 Å². The van der Waals surface area contributed by atoms with Crippen molar-refractivity contribution in [3.63, 3.8) is 0 Å². The SMILES string of the molecule is CCOCCOCCOc1ncc(-c2ccc(C(=O)NS(=O)(=O)c3cccnc3N)c(N3CCC(C)C3(C)C)n2)cc1C. The van der Waals surface area contributed by atoms with Gasteiger partial charge >= 0.3 is 0 Å². The summed E-state index contributed by atoms with van der Waals surface area (Å²) in [5.74, 6) is 0.185. The molecule has 13 heteroatoms. The Balaban J connectivity index is 1.60. The molecule has 1 aliphatic rings. The number of sulfonamides is 1. The quantitative estimate of drug-likeness (QED) is 0.272. The Bertz CT molecular complexity index is 1550. The van der Waals surface area contributed by atoms with E-state index in [0.29, 0.717) is 62.9 Å². The van der Waals surface area contributed by atoms with Gasteiger partial charge in [-0.15, -0.1) is 0 Å². The Kier molecular flexibility index (Phi) is 10.2. The van der Waals surface area contributed by atoms with E-state index in [4.69, 9.17) is 24.9 Å². The molecule has 0 saturated carbocycles. The number of pyridine rings is 3. The maximum Gasteiger partial charge on any atom is 0.268 e. The fraction of sp³-hybridized carbons (Fsp3) is 0.467. The molecule has 232 valence electrons. The molecule has 0 bridgehead atoms. The van der Waals surface area contributed by atoms with E-state index < -0.39 is 15.9 Å². The Morgan fingerprint density at radius 2 is 1.88 bits per heavy atom. The topological polar surface area (TPSA) is 159 Å². The number of nitrogens with one attached hydrogen (secondary N) is 1. The summed E-state index contributed by atoms with van der Waals surface area (Å²) in [7, 11) is -4.28. The number of anilines is 2. The molecular weight excluding hydrogens is 572 g/mol. The molecule has 1 amide bonds. The van der Waals surface area contributed by atoms with Crippen LogP contribution in [-0.4, -0.2) is 74.4 Å². The maximum atomic E-state index is 13.5. The van der Waals surface area contributed by atoms with Crippen LogP contribution in [0, 0.1) is 12.8 Å². The zero-order valence-electron chi connectivity index (χ0n) is 25.3. The standard InChI is InChI=1S/C30H40N6O6S/c1-6-40-14-15-41-16-17-42-29-20(2)18-22(19-33-29)24-10-9-23(27(34-24)36-13-11-21(3)30(36,4)5)28(37)35-43(38,39)25-8-7-12-32-26(25)31/h7-10,12,18-19,21H,6,11,13-17H2,1-5H3,(H2,31,32)(H,35,37). The summed E-state index contributed by atoms with van der Waals surface area (Å²) >= 11 is 0. The second kappa shape index (κ2) is 13.7. The van der Waals surface area contributed by atoms with E-state index in [1.807, 2.05) is 19.9 Å². The molecule has 3 aromatic heterocycles. The summed E-state index contributed by atoms with van der Waals surface area (Å²) in [6.45, 7) is 13.3. The molecule has 1 atom stereocenters. The molecule has 1 unspecified atom stereocenters. The van der Waals surface area contributed by atoms with Gasteiger partial charge in [-0.3, -0.25) is 4.79 Å². The highest BCUT2D eigenvalue weighted by Gasteiger charge is 2.41. The van der Waals surface area contributed by atoms with E-state index in [1.54, 1.807) is 18.3 Å². The van der Waals surface area contributed by atoms with Gasteiger partial charge in [0, 0.05) is 42.2 Å².